The van der Waals surface area contributed by atoms with Gasteiger partial charge in [-0.25, -0.2) is 0 Å². The molecule has 5 heteroatoms. The summed E-state index contributed by atoms with van der Waals surface area (Å²) in [5.41, 5.74) is 0. The molecule has 0 bridgehead atoms. The lowest BCUT2D eigenvalue weighted by Crippen LogP contribution is -2.46. The average Bonchev–Trinajstić information content (AvgIpc) is 2.38. The number of hydrogen-bond acceptors (Lipinski definition) is 4. The van der Waals surface area contributed by atoms with Gasteiger partial charge in [-0.3, -0.25) is 14.5 Å². The van der Waals surface area contributed by atoms with Gasteiger partial charge in [-0.15, -0.1) is 0 Å². The van der Waals surface area contributed by atoms with Gasteiger partial charge in [-0.1, -0.05) is 0 Å². The first kappa shape index (κ1) is 15.0. The van der Waals surface area contributed by atoms with E-state index in [1.165, 1.54) is 13.5 Å². The van der Waals surface area contributed by atoms with E-state index in [2.05, 4.69) is 4.74 Å². The van der Waals surface area contributed by atoms with Crippen LogP contribution in [0.5, 0.6) is 0 Å². The second-order valence-corrected chi connectivity index (χ2v) is 5.02. The topological polar surface area (TPSA) is 49.9 Å². The molecule has 1 heterocycles. The zero-order chi connectivity index (χ0) is 13.5. The summed E-state index contributed by atoms with van der Waals surface area (Å²) in [7, 11) is 1.37. The van der Waals surface area contributed by atoms with Gasteiger partial charge in [0.15, 0.2) is 0 Å². The van der Waals surface area contributed by atoms with Gasteiger partial charge in [-0.05, 0) is 33.1 Å². The highest BCUT2D eigenvalue weighted by Gasteiger charge is 2.22. The Morgan fingerprint density at radius 2 is 1.78 bits per heavy atom. The molecule has 104 valence electrons. The third-order valence-corrected chi connectivity index (χ3v) is 3.34. The summed E-state index contributed by atoms with van der Waals surface area (Å²) < 4.78 is 4.65. The van der Waals surface area contributed by atoms with E-state index in [9.17, 15) is 9.59 Å². The van der Waals surface area contributed by atoms with Crippen LogP contribution in [0.2, 0.25) is 0 Å². The van der Waals surface area contributed by atoms with Gasteiger partial charge in [0, 0.05) is 19.1 Å². The predicted molar refractivity (Wildman–Crippen MR) is 69.2 cm³/mol. The largest absolute Gasteiger partial charge is 0.468 e. The van der Waals surface area contributed by atoms with Crippen molar-refractivity contribution in [2.24, 2.45) is 0 Å². The van der Waals surface area contributed by atoms with Crippen LogP contribution in [-0.4, -0.2) is 61.0 Å². The van der Waals surface area contributed by atoms with Crippen LogP contribution in [-0.2, 0) is 14.3 Å². The molecule has 0 saturated carbocycles. The minimum atomic E-state index is -0.296. The number of ether oxygens (including phenoxy) is 1. The van der Waals surface area contributed by atoms with Crippen LogP contribution in [0.1, 0.15) is 33.1 Å². The maximum atomic E-state index is 12.1. The Labute approximate surface area is 109 Å². The summed E-state index contributed by atoms with van der Waals surface area (Å²) in [6, 6.07) is 0.151. The van der Waals surface area contributed by atoms with Crippen LogP contribution in [0.25, 0.3) is 0 Å². The van der Waals surface area contributed by atoms with Crippen molar-refractivity contribution < 1.29 is 14.3 Å². The standard InChI is InChI=1S/C13H24N2O3/c1-11(2)15(10-13(17)18-3)9-12(16)14-7-5-4-6-8-14/h11H,4-10H2,1-3H3. The van der Waals surface area contributed by atoms with Crippen LogP contribution < -0.4 is 0 Å². The van der Waals surface area contributed by atoms with Crippen molar-refractivity contribution in [2.75, 3.05) is 33.3 Å². The van der Waals surface area contributed by atoms with Gasteiger partial charge in [0.1, 0.15) is 0 Å². The Kier molecular flexibility index (Phi) is 6.12. The van der Waals surface area contributed by atoms with Gasteiger partial charge in [-0.2, -0.15) is 0 Å². The lowest BCUT2D eigenvalue weighted by molar-refractivity contribution is -0.143. The summed E-state index contributed by atoms with van der Waals surface area (Å²) in [5, 5.41) is 0. The van der Waals surface area contributed by atoms with Gasteiger partial charge < -0.3 is 9.64 Å². The molecule has 0 spiro atoms. The molecule has 0 aliphatic carbocycles. The second kappa shape index (κ2) is 7.36. The zero-order valence-electron chi connectivity index (χ0n) is 11.6. The molecule has 1 saturated heterocycles. The fourth-order valence-corrected chi connectivity index (χ4v) is 2.07. The Hall–Kier alpha value is -1.10. The minimum absolute atomic E-state index is 0.118. The third kappa shape index (κ3) is 4.64. The molecule has 0 radical (unpaired) electrons. The van der Waals surface area contributed by atoms with E-state index in [1.54, 1.807) is 0 Å². The molecule has 0 atom stereocenters. The Balaban J connectivity index is 2.48. The minimum Gasteiger partial charge on any atom is -0.468 e. The SMILES string of the molecule is COC(=O)CN(CC(=O)N1CCCCC1)C(C)C. The number of nitrogens with zero attached hydrogens (tertiary/aromatic N) is 2. The smallest absolute Gasteiger partial charge is 0.319 e. The van der Waals surface area contributed by atoms with Crippen molar-refractivity contribution >= 4 is 11.9 Å². The van der Waals surface area contributed by atoms with E-state index in [4.69, 9.17) is 0 Å². The van der Waals surface area contributed by atoms with Crippen molar-refractivity contribution in [1.82, 2.24) is 9.80 Å². The molecular formula is C13H24N2O3. The normalized spacial score (nSPS) is 16.2. The Morgan fingerprint density at radius 1 is 1.17 bits per heavy atom. The van der Waals surface area contributed by atoms with E-state index < -0.39 is 0 Å². The van der Waals surface area contributed by atoms with Gasteiger partial charge in [0.25, 0.3) is 0 Å². The van der Waals surface area contributed by atoms with Crippen molar-refractivity contribution in [1.29, 1.82) is 0 Å². The molecule has 5 nitrogen and oxygen atoms in total. The molecule has 0 unspecified atom stereocenters. The van der Waals surface area contributed by atoms with E-state index >= 15 is 0 Å². The number of carbonyl (C=O) groups is 2. The van der Waals surface area contributed by atoms with Crippen molar-refractivity contribution in [2.45, 2.75) is 39.2 Å². The highest BCUT2D eigenvalue weighted by molar-refractivity contribution is 5.79. The highest BCUT2D eigenvalue weighted by Crippen LogP contribution is 2.10. The van der Waals surface area contributed by atoms with Crippen LogP contribution in [0.3, 0.4) is 0 Å². The van der Waals surface area contributed by atoms with Crippen molar-refractivity contribution in [3.63, 3.8) is 0 Å². The Bertz CT molecular complexity index is 286. The number of carbonyl (C=O) groups excluding carboxylic acids is 2. The molecular weight excluding hydrogens is 232 g/mol. The van der Waals surface area contributed by atoms with Gasteiger partial charge >= 0.3 is 5.97 Å². The lowest BCUT2D eigenvalue weighted by atomic mass is 10.1. The average molecular weight is 256 g/mol. The molecule has 1 aliphatic rings. The quantitative estimate of drug-likeness (QED) is 0.685. The number of hydrogen-bond donors (Lipinski definition) is 0. The number of piperidine rings is 1. The first-order chi connectivity index (χ1) is 8.54. The zero-order valence-corrected chi connectivity index (χ0v) is 11.6. The second-order valence-electron chi connectivity index (χ2n) is 5.02. The molecule has 1 fully saturated rings. The summed E-state index contributed by atoms with van der Waals surface area (Å²) >= 11 is 0. The molecule has 1 amide bonds. The summed E-state index contributed by atoms with van der Waals surface area (Å²) in [6.07, 6.45) is 3.38. The van der Waals surface area contributed by atoms with Gasteiger partial charge in [0.05, 0.1) is 20.2 Å². The van der Waals surface area contributed by atoms with E-state index in [0.717, 1.165) is 25.9 Å². The summed E-state index contributed by atoms with van der Waals surface area (Å²) in [6.45, 7) is 6.13. The molecule has 0 N–H and O–H groups in total. The van der Waals surface area contributed by atoms with Crippen LogP contribution in [0, 0.1) is 0 Å². The molecule has 1 aliphatic heterocycles. The van der Waals surface area contributed by atoms with E-state index in [1.807, 2.05) is 23.6 Å². The monoisotopic (exact) mass is 256 g/mol. The van der Waals surface area contributed by atoms with E-state index in [-0.39, 0.29) is 24.5 Å². The number of methoxy groups -OCH3 is 1. The number of amides is 1. The number of likely N-dealkylation sites (tertiary alicyclic amines) is 1. The number of esters is 1. The Morgan fingerprint density at radius 3 is 2.28 bits per heavy atom. The molecule has 0 aromatic heterocycles. The molecule has 0 aromatic carbocycles. The van der Waals surface area contributed by atoms with Crippen LogP contribution in [0.4, 0.5) is 0 Å². The fourth-order valence-electron chi connectivity index (χ4n) is 2.07. The van der Waals surface area contributed by atoms with Crippen molar-refractivity contribution in [3.8, 4) is 0 Å². The maximum absolute atomic E-state index is 12.1. The third-order valence-electron chi connectivity index (χ3n) is 3.34. The fraction of sp³-hybridized carbons (Fsp3) is 0.846. The molecule has 1 rings (SSSR count). The van der Waals surface area contributed by atoms with E-state index in [0.29, 0.717) is 6.54 Å². The lowest BCUT2D eigenvalue weighted by Gasteiger charge is -2.31. The van der Waals surface area contributed by atoms with Crippen LogP contribution >= 0.6 is 0 Å². The first-order valence-corrected chi connectivity index (χ1v) is 6.63. The molecule has 0 aromatic rings. The molecule has 18 heavy (non-hydrogen) atoms. The number of rotatable bonds is 5. The summed E-state index contributed by atoms with van der Waals surface area (Å²) in [4.78, 5) is 27.2. The summed E-state index contributed by atoms with van der Waals surface area (Å²) in [5.74, 6) is -0.178. The van der Waals surface area contributed by atoms with Crippen LogP contribution in [0.15, 0.2) is 0 Å². The van der Waals surface area contributed by atoms with Crippen molar-refractivity contribution in [3.05, 3.63) is 0 Å². The highest BCUT2D eigenvalue weighted by atomic mass is 16.5. The van der Waals surface area contributed by atoms with Gasteiger partial charge in [0.2, 0.25) is 5.91 Å². The maximum Gasteiger partial charge on any atom is 0.319 e. The predicted octanol–water partition coefficient (Wildman–Crippen LogP) is 0.882. The first-order valence-electron chi connectivity index (χ1n) is 6.63.